The molecule has 0 saturated heterocycles. The van der Waals surface area contributed by atoms with Crippen LogP contribution < -0.4 is 4.74 Å². The molecule has 0 saturated carbocycles. The van der Waals surface area contributed by atoms with Crippen molar-refractivity contribution in [1.29, 1.82) is 0 Å². The molecule has 0 aromatic heterocycles. The van der Waals surface area contributed by atoms with Crippen LogP contribution in [0.3, 0.4) is 0 Å². The highest BCUT2D eigenvalue weighted by atomic mass is 79.9. The molecule has 0 amide bonds. The Morgan fingerprint density at radius 2 is 1.88 bits per heavy atom. The Morgan fingerprint density at radius 3 is 2.24 bits per heavy atom. The molecule has 0 bridgehead atoms. The van der Waals surface area contributed by atoms with E-state index in [0.29, 0.717) is 11.3 Å². The van der Waals surface area contributed by atoms with E-state index in [9.17, 15) is 13.5 Å². The molecule has 96 valence electrons. The Hall–Kier alpha value is -0.300. The Labute approximate surface area is 114 Å². The Morgan fingerprint density at radius 1 is 1.41 bits per heavy atom. The number of sulfone groups is 1. The van der Waals surface area contributed by atoms with Gasteiger partial charge in [-0.15, -0.1) is 0 Å². The van der Waals surface area contributed by atoms with Crippen LogP contribution in [0.4, 0.5) is 0 Å². The van der Waals surface area contributed by atoms with Crippen LogP contribution in [0.1, 0.15) is 11.7 Å². The summed E-state index contributed by atoms with van der Waals surface area (Å²) < 4.78 is 25.9. The largest absolute Gasteiger partial charge is 0.497 e. The summed E-state index contributed by atoms with van der Waals surface area (Å²) in [6.45, 7) is 0. The van der Waals surface area contributed by atoms with Crippen LogP contribution in [0.25, 0.3) is 0 Å². The molecule has 0 heterocycles. The van der Waals surface area contributed by atoms with Gasteiger partial charge in [-0.25, -0.2) is 8.42 Å². The normalized spacial score (nSPS) is 17.2. The van der Waals surface area contributed by atoms with Crippen LogP contribution in [-0.4, -0.2) is 30.0 Å². The second kappa shape index (κ2) is 5.14. The first kappa shape index (κ1) is 14.8. The maximum Gasteiger partial charge on any atom is 0.228 e. The first-order valence-electron chi connectivity index (χ1n) is 4.59. The molecule has 0 aliphatic heterocycles. The minimum Gasteiger partial charge on any atom is -0.497 e. The van der Waals surface area contributed by atoms with Gasteiger partial charge in [0.15, 0.2) is 9.84 Å². The third kappa shape index (κ3) is 3.13. The van der Waals surface area contributed by atoms with Crippen molar-refractivity contribution in [2.75, 3.05) is 13.4 Å². The van der Waals surface area contributed by atoms with Gasteiger partial charge in [0.2, 0.25) is 3.12 Å². The molecular weight excluding hydrogens is 332 g/mol. The lowest BCUT2D eigenvalue weighted by atomic mass is 10.1. The third-order valence-electron chi connectivity index (χ3n) is 2.24. The number of hydrogen-bond acceptors (Lipinski definition) is 4. The predicted molar refractivity (Wildman–Crippen MR) is 70.3 cm³/mol. The number of aliphatic hydroxyl groups excluding tert-OH is 1. The van der Waals surface area contributed by atoms with E-state index in [2.05, 4.69) is 15.9 Å². The monoisotopic (exact) mass is 342 g/mol. The van der Waals surface area contributed by atoms with Crippen molar-refractivity contribution in [2.45, 2.75) is 9.22 Å². The van der Waals surface area contributed by atoms with E-state index in [0.717, 1.165) is 6.26 Å². The van der Waals surface area contributed by atoms with Gasteiger partial charge in [-0.3, -0.25) is 0 Å². The first-order chi connectivity index (χ1) is 7.70. The minimum absolute atomic E-state index is 0.378. The van der Waals surface area contributed by atoms with Crippen LogP contribution in [0.2, 0.25) is 0 Å². The average Bonchev–Trinajstić information content (AvgIpc) is 2.26. The summed E-state index contributed by atoms with van der Waals surface area (Å²) in [6.07, 6.45) is -0.438. The van der Waals surface area contributed by atoms with E-state index in [-0.39, 0.29) is 0 Å². The summed E-state index contributed by atoms with van der Waals surface area (Å²) in [5.74, 6) is 0.607. The second-order valence-electron chi connectivity index (χ2n) is 3.51. The molecule has 0 radical (unpaired) electrons. The van der Waals surface area contributed by atoms with Gasteiger partial charge in [0.05, 0.1) is 7.11 Å². The predicted octanol–water partition coefficient (Wildman–Crippen LogP) is 2.06. The summed E-state index contributed by atoms with van der Waals surface area (Å²) in [5, 5.41) is 9.95. The standard InChI is InChI=1S/C10H12BrClO4S/c1-16-8-5-3-7(4-6-8)9(13)10(11,12)17(2,14)15/h3-6,9,13H,1-2H3. The molecule has 1 aromatic rings. The highest BCUT2D eigenvalue weighted by Gasteiger charge is 2.44. The number of aliphatic hydroxyl groups is 1. The van der Waals surface area contributed by atoms with E-state index in [1.807, 2.05) is 0 Å². The number of hydrogen-bond donors (Lipinski definition) is 1. The minimum atomic E-state index is -3.66. The Balaban J connectivity index is 3.08. The molecule has 2 atom stereocenters. The highest BCUT2D eigenvalue weighted by Crippen LogP contribution is 2.42. The number of methoxy groups -OCH3 is 1. The van der Waals surface area contributed by atoms with E-state index >= 15 is 0 Å². The number of benzene rings is 1. The molecule has 2 unspecified atom stereocenters. The zero-order chi connectivity index (χ0) is 13.3. The molecular formula is C10H12BrClO4S. The maximum atomic E-state index is 11.4. The number of ether oxygens (including phenoxy) is 1. The van der Waals surface area contributed by atoms with E-state index in [4.69, 9.17) is 16.3 Å². The van der Waals surface area contributed by atoms with Gasteiger partial charge in [-0.1, -0.05) is 23.7 Å². The molecule has 0 aliphatic carbocycles. The zero-order valence-electron chi connectivity index (χ0n) is 9.22. The molecule has 7 heteroatoms. The molecule has 1 aromatic carbocycles. The summed E-state index contributed by atoms with van der Waals surface area (Å²) in [7, 11) is -2.15. The highest BCUT2D eigenvalue weighted by molar-refractivity contribution is 9.12. The average molecular weight is 344 g/mol. The fourth-order valence-corrected chi connectivity index (χ4v) is 2.11. The zero-order valence-corrected chi connectivity index (χ0v) is 12.4. The van der Waals surface area contributed by atoms with E-state index in [1.54, 1.807) is 24.3 Å². The smallest absolute Gasteiger partial charge is 0.228 e. The lowest BCUT2D eigenvalue weighted by Crippen LogP contribution is -2.32. The van der Waals surface area contributed by atoms with Crippen molar-refractivity contribution in [2.24, 2.45) is 0 Å². The van der Waals surface area contributed by atoms with Crippen molar-refractivity contribution in [1.82, 2.24) is 0 Å². The first-order valence-corrected chi connectivity index (χ1v) is 7.66. The SMILES string of the molecule is COc1ccc(C(O)C(Cl)(Br)S(C)(=O)=O)cc1. The van der Waals surface area contributed by atoms with Crippen molar-refractivity contribution < 1.29 is 18.3 Å². The summed E-state index contributed by atoms with van der Waals surface area (Å²) >= 11 is 8.65. The Bertz CT molecular complexity index is 484. The van der Waals surface area contributed by atoms with Gasteiger partial charge < -0.3 is 9.84 Å². The Kier molecular flexibility index (Phi) is 4.46. The van der Waals surface area contributed by atoms with Crippen LogP contribution >= 0.6 is 27.5 Å². The van der Waals surface area contributed by atoms with Gasteiger partial charge in [-0.2, -0.15) is 0 Å². The van der Waals surface area contributed by atoms with E-state index < -0.39 is 19.1 Å². The van der Waals surface area contributed by atoms with Gasteiger partial charge in [0, 0.05) is 6.26 Å². The second-order valence-corrected chi connectivity index (χ2v) is 8.75. The number of halogens is 2. The van der Waals surface area contributed by atoms with Crippen molar-refractivity contribution in [3.63, 3.8) is 0 Å². The third-order valence-corrected chi connectivity index (χ3v) is 6.70. The number of alkyl halides is 2. The van der Waals surface area contributed by atoms with Gasteiger partial charge in [0.1, 0.15) is 11.9 Å². The molecule has 0 spiro atoms. The molecule has 17 heavy (non-hydrogen) atoms. The van der Waals surface area contributed by atoms with E-state index in [1.165, 1.54) is 7.11 Å². The lowest BCUT2D eigenvalue weighted by molar-refractivity contribution is 0.185. The van der Waals surface area contributed by atoms with Crippen LogP contribution in [0.15, 0.2) is 24.3 Å². The summed E-state index contributed by atoms with van der Waals surface area (Å²) in [4.78, 5) is 0. The van der Waals surface area contributed by atoms with Crippen molar-refractivity contribution in [3.8, 4) is 5.75 Å². The van der Waals surface area contributed by atoms with Crippen molar-refractivity contribution >= 4 is 37.4 Å². The van der Waals surface area contributed by atoms with Crippen LogP contribution in [0.5, 0.6) is 5.75 Å². The van der Waals surface area contributed by atoms with Gasteiger partial charge >= 0.3 is 0 Å². The molecule has 0 aliphatic rings. The molecule has 4 nitrogen and oxygen atoms in total. The van der Waals surface area contributed by atoms with Crippen LogP contribution in [0, 0.1) is 0 Å². The fourth-order valence-electron chi connectivity index (χ4n) is 1.18. The molecule has 0 fully saturated rings. The van der Waals surface area contributed by atoms with Gasteiger partial charge in [0.25, 0.3) is 0 Å². The molecule has 1 rings (SSSR count). The fraction of sp³-hybridized carbons (Fsp3) is 0.400. The van der Waals surface area contributed by atoms with Gasteiger partial charge in [-0.05, 0) is 33.6 Å². The maximum absolute atomic E-state index is 11.4. The summed E-state index contributed by atoms with van der Waals surface area (Å²) in [5.41, 5.74) is 0.378. The summed E-state index contributed by atoms with van der Waals surface area (Å²) in [6, 6.07) is 6.32. The quantitative estimate of drug-likeness (QED) is 0.850. The lowest BCUT2D eigenvalue weighted by Gasteiger charge is -2.24. The molecule has 1 N–H and O–H groups in total. The van der Waals surface area contributed by atoms with Crippen molar-refractivity contribution in [3.05, 3.63) is 29.8 Å². The van der Waals surface area contributed by atoms with Crippen LogP contribution in [-0.2, 0) is 9.84 Å². The number of rotatable bonds is 4. The topological polar surface area (TPSA) is 63.6 Å².